The molecular weight excluding hydrogens is 441 g/mol. The third kappa shape index (κ3) is 4.14. The number of ether oxygens (including phenoxy) is 1. The van der Waals surface area contributed by atoms with Crippen LogP contribution >= 0.6 is 24.0 Å². The Labute approximate surface area is 171 Å². The van der Waals surface area contributed by atoms with Crippen LogP contribution in [0.25, 0.3) is 5.65 Å². The first-order valence-electron chi connectivity index (χ1n) is 9.36. The van der Waals surface area contributed by atoms with Crippen LogP contribution in [0.2, 0.25) is 0 Å². The second kappa shape index (κ2) is 8.56. The largest absolute Gasteiger partial charge is 0.373 e. The van der Waals surface area contributed by atoms with Gasteiger partial charge in [-0.25, -0.2) is 4.98 Å². The molecular formula is C19H28IN5O. The van der Waals surface area contributed by atoms with Crippen LogP contribution < -0.4 is 10.6 Å². The minimum absolute atomic E-state index is 0. The van der Waals surface area contributed by atoms with Gasteiger partial charge in [0.15, 0.2) is 5.96 Å². The number of hydrogen-bond acceptors (Lipinski definition) is 3. The molecule has 142 valence electrons. The van der Waals surface area contributed by atoms with E-state index in [-0.39, 0.29) is 24.0 Å². The second-order valence-corrected chi connectivity index (χ2v) is 7.03. The smallest absolute Gasteiger partial charge is 0.191 e. The normalized spacial score (nSPS) is 24.7. The van der Waals surface area contributed by atoms with Crippen molar-refractivity contribution in [3.63, 3.8) is 0 Å². The van der Waals surface area contributed by atoms with Crippen LogP contribution in [-0.4, -0.2) is 46.7 Å². The molecule has 0 aromatic carbocycles. The lowest BCUT2D eigenvalue weighted by molar-refractivity contribution is 0.0992. The minimum Gasteiger partial charge on any atom is -0.373 e. The highest BCUT2D eigenvalue weighted by Gasteiger charge is 2.41. The van der Waals surface area contributed by atoms with E-state index < -0.39 is 0 Å². The molecule has 26 heavy (non-hydrogen) atoms. The second-order valence-electron chi connectivity index (χ2n) is 7.03. The van der Waals surface area contributed by atoms with Gasteiger partial charge in [0, 0.05) is 31.9 Å². The number of aryl methyl sites for hydroxylation is 1. The van der Waals surface area contributed by atoms with Crippen LogP contribution in [0.3, 0.4) is 0 Å². The molecule has 7 heteroatoms. The number of nitrogens with one attached hydrogen (secondary N) is 2. The Kier molecular flexibility index (Phi) is 6.39. The number of halogens is 1. The highest BCUT2D eigenvalue weighted by molar-refractivity contribution is 14.0. The van der Waals surface area contributed by atoms with Gasteiger partial charge < -0.3 is 19.8 Å². The molecule has 6 nitrogen and oxygen atoms in total. The Hall–Kier alpha value is -1.35. The van der Waals surface area contributed by atoms with Crippen LogP contribution in [0.5, 0.6) is 0 Å². The van der Waals surface area contributed by atoms with Crippen molar-refractivity contribution in [3.8, 4) is 0 Å². The molecule has 2 aromatic heterocycles. The number of nitrogens with zero attached hydrogens (tertiary/aromatic N) is 3. The zero-order valence-corrected chi connectivity index (χ0v) is 17.8. The molecule has 3 unspecified atom stereocenters. The first kappa shape index (κ1) is 19.4. The van der Waals surface area contributed by atoms with Crippen LogP contribution in [0.15, 0.2) is 29.5 Å². The Morgan fingerprint density at radius 3 is 3.00 bits per heavy atom. The summed E-state index contributed by atoms with van der Waals surface area (Å²) in [6, 6.07) is 4.54. The Bertz CT molecular complexity index is 774. The summed E-state index contributed by atoms with van der Waals surface area (Å²) >= 11 is 0. The SMILES string of the molecule is CCNC(=NCCc1cn2cccc(C)c2n1)NC1CC2CCC1O2.I. The average molecular weight is 469 g/mol. The van der Waals surface area contributed by atoms with Gasteiger partial charge in [-0.2, -0.15) is 0 Å². The van der Waals surface area contributed by atoms with Crippen molar-refractivity contribution >= 4 is 35.6 Å². The molecule has 0 aliphatic carbocycles. The summed E-state index contributed by atoms with van der Waals surface area (Å²) in [4.78, 5) is 9.46. The molecule has 2 N–H and O–H groups in total. The minimum atomic E-state index is 0. The van der Waals surface area contributed by atoms with Crippen molar-refractivity contribution in [3.05, 3.63) is 35.8 Å². The van der Waals surface area contributed by atoms with E-state index in [1.807, 2.05) is 6.20 Å². The van der Waals surface area contributed by atoms with E-state index in [4.69, 9.17) is 14.7 Å². The summed E-state index contributed by atoms with van der Waals surface area (Å²) in [5.41, 5.74) is 3.31. The molecule has 0 saturated carbocycles. The average Bonchev–Trinajstić information content (AvgIpc) is 3.30. The molecule has 2 saturated heterocycles. The summed E-state index contributed by atoms with van der Waals surface area (Å²) in [5.74, 6) is 0.892. The van der Waals surface area contributed by atoms with Crippen LogP contribution in [0, 0.1) is 6.92 Å². The summed E-state index contributed by atoms with van der Waals surface area (Å²) in [6.45, 7) is 5.77. The fourth-order valence-corrected chi connectivity index (χ4v) is 3.89. The highest BCUT2D eigenvalue weighted by atomic mass is 127. The van der Waals surface area contributed by atoms with Crippen molar-refractivity contribution in [1.82, 2.24) is 20.0 Å². The Morgan fingerprint density at radius 2 is 2.31 bits per heavy atom. The van der Waals surface area contributed by atoms with Crippen LogP contribution in [0.4, 0.5) is 0 Å². The number of fused-ring (bicyclic) bond motifs is 3. The molecule has 0 amide bonds. The van der Waals surface area contributed by atoms with Crippen LogP contribution in [0.1, 0.15) is 37.4 Å². The van der Waals surface area contributed by atoms with E-state index in [9.17, 15) is 0 Å². The Morgan fingerprint density at radius 1 is 1.42 bits per heavy atom. The summed E-state index contributed by atoms with van der Waals surface area (Å²) in [5, 5.41) is 6.91. The fourth-order valence-electron chi connectivity index (χ4n) is 3.89. The maximum Gasteiger partial charge on any atom is 0.191 e. The van der Waals surface area contributed by atoms with E-state index in [0.29, 0.717) is 18.2 Å². The van der Waals surface area contributed by atoms with Crippen molar-refractivity contribution < 1.29 is 4.74 Å². The Balaban J connectivity index is 0.00000196. The zero-order valence-electron chi connectivity index (χ0n) is 15.4. The van der Waals surface area contributed by atoms with Crippen LogP contribution in [-0.2, 0) is 11.2 Å². The van der Waals surface area contributed by atoms with E-state index in [1.54, 1.807) is 0 Å². The van der Waals surface area contributed by atoms with Crippen molar-refractivity contribution in [2.45, 2.75) is 57.8 Å². The molecule has 2 aliphatic rings. The monoisotopic (exact) mass is 469 g/mol. The molecule has 0 radical (unpaired) electrons. The van der Waals surface area contributed by atoms with Crippen molar-refractivity contribution in [2.75, 3.05) is 13.1 Å². The number of pyridine rings is 1. The summed E-state index contributed by atoms with van der Waals surface area (Å²) < 4.78 is 8.01. The number of rotatable bonds is 5. The number of guanidine groups is 1. The first-order chi connectivity index (χ1) is 12.2. The van der Waals surface area contributed by atoms with Crippen molar-refractivity contribution in [2.24, 2.45) is 4.99 Å². The van der Waals surface area contributed by atoms with Gasteiger partial charge in [-0.1, -0.05) is 6.07 Å². The van der Waals surface area contributed by atoms with Gasteiger partial charge in [-0.05, 0) is 44.7 Å². The number of aromatic nitrogens is 2. The van der Waals surface area contributed by atoms with Gasteiger partial charge in [0.25, 0.3) is 0 Å². The lowest BCUT2D eigenvalue weighted by Crippen LogP contribution is -2.47. The third-order valence-electron chi connectivity index (χ3n) is 5.14. The summed E-state index contributed by atoms with van der Waals surface area (Å²) in [6.07, 6.45) is 9.27. The predicted molar refractivity (Wildman–Crippen MR) is 114 cm³/mol. The van der Waals surface area contributed by atoms with E-state index in [2.05, 4.69) is 47.2 Å². The third-order valence-corrected chi connectivity index (χ3v) is 5.14. The zero-order chi connectivity index (χ0) is 17.2. The fraction of sp³-hybridized carbons (Fsp3) is 0.579. The van der Waals surface area contributed by atoms with E-state index >= 15 is 0 Å². The molecule has 2 aliphatic heterocycles. The molecule has 0 spiro atoms. The number of imidazole rings is 1. The van der Waals surface area contributed by atoms with Gasteiger partial charge in [0.2, 0.25) is 0 Å². The maximum absolute atomic E-state index is 5.92. The highest BCUT2D eigenvalue weighted by Crippen LogP contribution is 2.34. The van der Waals surface area contributed by atoms with Crippen molar-refractivity contribution in [1.29, 1.82) is 0 Å². The molecule has 4 rings (SSSR count). The van der Waals surface area contributed by atoms with Gasteiger partial charge in [0.1, 0.15) is 5.65 Å². The first-order valence-corrected chi connectivity index (χ1v) is 9.36. The lowest BCUT2D eigenvalue weighted by Gasteiger charge is -2.22. The molecule has 4 heterocycles. The molecule has 3 atom stereocenters. The lowest BCUT2D eigenvalue weighted by atomic mass is 9.96. The van der Waals surface area contributed by atoms with E-state index in [0.717, 1.165) is 43.2 Å². The predicted octanol–water partition coefficient (Wildman–Crippen LogP) is 2.68. The number of aliphatic imine (C=N–C) groups is 1. The number of hydrogen-bond donors (Lipinski definition) is 2. The van der Waals surface area contributed by atoms with Gasteiger partial charge in [0.05, 0.1) is 23.9 Å². The van der Waals surface area contributed by atoms with Gasteiger partial charge in [-0.3, -0.25) is 4.99 Å². The van der Waals surface area contributed by atoms with E-state index in [1.165, 1.54) is 18.4 Å². The van der Waals surface area contributed by atoms with Gasteiger partial charge >= 0.3 is 0 Å². The molecule has 2 aromatic rings. The summed E-state index contributed by atoms with van der Waals surface area (Å²) in [7, 11) is 0. The molecule has 2 bridgehead atoms. The quantitative estimate of drug-likeness (QED) is 0.402. The topological polar surface area (TPSA) is 63.0 Å². The van der Waals surface area contributed by atoms with Gasteiger partial charge in [-0.15, -0.1) is 24.0 Å². The molecule has 2 fully saturated rings. The maximum atomic E-state index is 5.92. The standard InChI is InChI=1S/C19H27N5O.HI/c1-3-20-19(23-16-11-15-6-7-17(16)25-15)21-9-8-14-12-24-10-4-5-13(2)18(24)22-14;/h4-5,10,12,15-17H,3,6-9,11H2,1-2H3,(H2,20,21,23);1H.